The van der Waals surface area contributed by atoms with Gasteiger partial charge >= 0.3 is 0 Å². The Kier molecular flexibility index (Phi) is 7.32. The van der Waals surface area contributed by atoms with Crippen molar-refractivity contribution >= 4 is 0 Å². The highest BCUT2D eigenvalue weighted by molar-refractivity contribution is 4.85. The number of hydrogen-bond acceptors (Lipinski definition) is 3. The summed E-state index contributed by atoms with van der Waals surface area (Å²) in [6, 6.07) is 1.63. The molecule has 0 aromatic rings. The Balaban J connectivity index is 1.90. The van der Waals surface area contributed by atoms with Crippen LogP contribution in [0.3, 0.4) is 0 Å². The highest BCUT2D eigenvalue weighted by Crippen LogP contribution is 2.22. The van der Waals surface area contributed by atoms with Crippen molar-refractivity contribution in [1.82, 2.24) is 15.1 Å². The van der Waals surface area contributed by atoms with Crippen LogP contribution in [-0.2, 0) is 0 Å². The van der Waals surface area contributed by atoms with Crippen LogP contribution >= 0.6 is 0 Å². The minimum absolute atomic E-state index is 0.798. The normalized spacial score (nSPS) is 29.6. The quantitative estimate of drug-likeness (QED) is 0.807. The predicted octanol–water partition coefficient (Wildman–Crippen LogP) is 2.71. The van der Waals surface area contributed by atoms with E-state index in [2.05, 4.69) is 29.0 Å². The molecule has 0 aliphatic carbocycles. The lowest BCUT2D eigenvalue weighted by molar-refractivity contribution is 0.101. The van der Waals surface area contributed by atoms with Gasteiger partial charge in [0.05, 0.1) is 0 Å². The second-order valence-corrected chi connectivity index (χ2v) is 6.66. The molecule has 1 N–H and O–H groups in total. The monoisotopic (exact) mass is 281 g/mol. The van der Waals surface area contributed by atoms with Crippen molar-refractivity contribution in [2.75, 3.05) is 39.3 Å². The predicted molar refractivity (Wildman–Crippen MR) is 87.3 cm³/mol. The minimum Gasteiger partial charge on any atom is -0.315 e. The van der Waals surface area contributed by atoms with E-state index in [0.29, 0.717) is 0 Å². The minimum atomic E-state index is 0.798. The van der Waals surface area contributed by atoms with Gasteiger partial charge in [0.1, 0.15) is 0 Å². The molecule has 2 aliphatic heterocycles. The molecule has 0 bridgehead atoms. The summed E-state index contributed by atoms with van der Waals surface area (Å²) in [5.41, 5.74) is 0. The van der Waals surface area contributed by atoms with Crippen molar-refractivity contribution in [3.63, 3.8) is 0 Å². The maximum Gasteiger partial charge on any atom is 0.0224 e. The Labute approximate surface area is 126 Å². The first-order valence-electron chi connectivity index (χ1n) is 9.04. The van der Waals surface area contributed by atoms with E-state index in [9.17, 15) is 0 Å². The lowest BCUT2D eigenvalue weighted by Crippen LogP contribution is -2.51. The number of rotatable bonds is 6. The molecule has 2 rings (SSSR count). The molecule has 2 aliphatic rings. The van der Waals surface area contributed by atoms with Gasteiger partial charge in [0.2, 0.25) is 0 Å². The largest absolute Gasteiger partial charge is 0.315 e. The molecule has 118 valence electrons. The average Bonchev–Trinajstić information content (AvgIpc) is 2.72. The summed E-state index contributed by atoms with van der Waals surface area (Å²) >= 11 is 0. The molecule has 0 amide bonds. The van der Waals surface area contributed by atoms with Crippen LogP contribution in [0.2, 0.25) is 0 Å². The molecular formula is C17H35N3. The second kappa shape index (κ2) is 9.01. The molecule has 0 saturated carbocycles. The fourth-order valence-corrected chi connectivity index (χ4v) is 4.05. The molecule has 2 unspecified atom stereocenters. The summed E-state index contributed by atoms with van der Waals surface area (Å²) in [5.74, 6) is 0. The first-order valence-corrected chi connectivity index (χ1v) is 9.04. The van der Waals surface area contributed by atoms with Crippen LogP contribution in [0.1, 0.15) is 58.8 Å². The van der Waals surface area contributed by atoms with Crippen LogP contribution in [0.15, 0.2) is 0 Å². The van der Waals surface area contributed by atoms with E-state index in [4.69, 9.17) is 0 Å². The third kappa shape index (κ3) is 4.71. The number of piperidine rings is 1. The third-order valence-electron chi connectivity index (χ3n) is 5.02. The van der Waals surface area contributed by atoms with Crippen LogP contribution in [0.25, 0.3) is 0 Å². The number of likely N-dealkylation sites (tertiary alicyclic amines) is 1. The van der Waals surface area contributed by atoms with Gasteiger partial charge in [0, 0.05) is 18.6 Å². The number of hydrogen-bond donors (Lipinski definition) is 1. The van der Waals surface area contributed by atoms with Gasteiger partial charge in [-0.25, -0.2) is 0 Å². The van der Waals surface area contributed by atoms with Crippen LogP contribution in [0, 0.1) is 0 Å². The number of nitrogens with one attached hydrogen (secondary N) is 1. The Morgan fingerprint density at radius 1 is 1.00 bits per heavy atom. The summed E-state index contributed by atoms with van der Waals surface area (Å²) in [7, 11) is 0. The van der Waals surface area contributed by atoms with Gasteiger partial charge in [-0.15, -0.1) is 0 Å². The van der Waals surface area contributed by atoms with Crippen LogP contribution in [0.4, 0.5) is 0 Å². The van der Waals surface area contributed by atoms with E-state index in [1.807, 2.05) is 0 Å². The Morgan fingerprint density at radius 3 is 2.55 bits per heavy atom. The van der Waals surface area contributed by atoms with Gasteiger partial charge in [-0.05, 0) is 77.7 Å². The Hall–Kier alpha value is -0.120. The lowest BCUT2D eigenvalue weighted by Gasteiger charge is -2.40. The van der Waals surface area contributed by atoms with Gasteiger partial charge in [-0.1, -0.05) is 13.8 Å². The standard InChI is InChI=1S/C17H35N3/c1-3-11-19-13-6-8-16(9-14-19)20(12-4-2)17-7-5-10-18-15-17/h16-18H,3-15H2,1-2H3. The summed E-state index contributed by atoms with van der Waals surface area (Å²) in [5, 5.41) is 3.61. The third-order valence-corrected chi connectivity index (χ3v) is 5.02. The zero-order valence-electron chi connectivity index (χ0n) is 13.7. The van der Waals surface area contributed by atoms with Crippen LogP contribution in [-0.4, -0.2) is 61.2 Å². The summed E-state index contributed by atoms with van der Waals surface area (Å²) < 4.78 is 0. The van der Waals surface area contributed by atoms with Gasteiger partial charge in [-0.3, -0.25) is 4.90 Å². The molecule has 0 aromatic heterocycles. The molecular weight excluding hydrogens is 246 g/mol. The van der Waals surface area contributed by atoms with Gasteiger partial charge in [-0.2, -0.15) is 0 Å². The van der Waals surface area contributed by atoms with Crippen molar-refractivity contribution in [3.8, 4) is 0 Å². The first-order chi connectivity index (χ1) is 9.85. The van der Waals surface area contributed by atoms with E-state index in [0.717, 1.165) is 12.1 Å². The molecule has 2 fully saturated rings. The maximum absolute atomic E-state index is 3.61. The fraction of sp³-hybridized carbons (Fsp3) is 1.00. The summed E-state index contributed by atoms with van der Waals surface area (Å²) in [4.78, 5) is 5.55. The molecule has 0 aromatic carbocycles. The summed E-state index contributed by atoms with van der Waals surface area (Å²) in [6.45, 7) is 12.3. The van der Waals surface area contributed by atoms with Gasteiger partial charge in [0.25, 0.3) is 0 Å². The Bertz CT molecular complexity index is 251. The topological polar surface area (TPSA) is 18.5 Å². The van der Waals surface area contributed by atoms with Gasteiger partial charge in [0.15, 0.2) is 0 Å². The molecule has 2 saturated heterocycles. The first kappa shape index (κ1) is 16.3. The fourth-order valence-electron chi connectivity index (χ4n) is 4.05. The van der Waals surface area contributed by atoms with Crippen molar-refractivity contribution < 1.29 is 0 Å². The molecule has 20 heavy (non-hydrogen) atoms. The SMILES string of the molecule is CCCN1CCCC(N(CCC)C2CCCNC2)CC1. The van der Waals surface area contributed by atoms with Crippen molar-refractivity contribution in [3.05, 3.63) is 0 Å². The molecule has 3 heteroatoms. The van der Waals surface area contributed by atoms with Crippen molar-refractivity contribution in [2.45, 2.75) is 70.9 Å². The van der Waals surface area contributed by atoms with E-state index in [1.165, 1.54) is 84.2 Å². The zero-order valence-corrected chi connectivity index (χ0v) is 13.7. The van der Waals surface area contributed by atoms with Crippen molar-refractivity contribution in [2.24, 2.45) is 0 Å². The van der Waals surface area contributed by atoms with Crippen molar-refractivity contribution in [1.29, 1.82) is 0 Å². The average molecular weight is 281 g/mol. The number of nitrogens with zero attached hydrogens (tertiary/aromatic N) is 2. The molecule has 2 heterocycles. The van der Waals surface area contributed by atoms with E-state index in [1.54, 1.807) is 0 Å². The second-order valence-electron chi connectivity index (χ2n) is 6.66. The molecule has 0 radical (unpaired) electrons. The highest BCUT2D eigenvalue weighted by Gasteiger charge is 2.28. The van der Waals surface area contributed by atoms with Gasteiger partial charge < -0.3 is 10.2 Å². The zero-order chi connectivity index (χ0) is 14.2. The highest BCUT2D eigenvalue weighted by atomic mass is 15.2. The smallest absolute Gasteiger partial charge is 0.0224 e. The van der Waals surface area contributed by atoms with E-state index in [-0.39, 0.29) is 0 Å². The lowest BCUT2D eigenvalue weighted by atomic mass is 9.99. The molecule has 2 atom stereocenters. The molecule has 3 nitrogen and oxygen atoms in total. The van der Waals surface area contributed by atoms with E-state index < -0.39 is 0 Å². The van der Waals surface area contributed by atoms with Crippen LogP contribution < -0.4 is 5.32 Å². The molecule has 0 spiro atoms. The van der Waals surface area contributed by atoms with E-state index >= 15 is 0 Å². The van der Waals surface area contributed by atoms with Crippen LogP contribution in [0.5, 0.6) is 0 Å². The summed E-state index contributed by atoms with van der Waals surface area (Å²) in [6.07, 6.45) is 9.56. The Morgan fingerprint density at radius 2 is 1.85 bits per heavy atom. The maximum atomic E-state index is 3.61.